The predicted molar refractivity (Wildman–Crippen MR) is 66.9 cm³/mol. The van der Waals surface area contributed by atoms with Crippen molar-refractivity contribution in [2.75, 3.05) is 17.2 Å². The molecule has 0 saturated carbocycles. The molecule has 2 aromatic rings. The Morgan fingerprint density at radius 1 is 1.44 bits per heavy atom. The van der Waals surface area contributed by atoms with Gasteiger partial charge in [0.2, 0.25) is 5.88 Å². The topological polar surface area (TPSA) is 86.8 Å². The first-order valence-corrected chi connectivity index (χ1v) is 5.61. The highest BCUT2D eigenvalue weighted by atomic mass is 16.5. The van der Waals surface area contributed by atoms with E-state index in [1.54, 1.807) is 24.5 Å². The van der Waals surface area contributed by atoms with E-state index in [4.69, 9.17) is 9.78 Å². The van der Waals surface area contributed by atoms with Gasteiger partial charge in [-0.25, -0.2) is 4.98 Å². The number of hydrogen-bond acceptors (Lipinski definition) is 6. The first-order chi connectivity index (χ1) is 8.83. The van der Waals surface area contributed by atoms with Crippen LogP contribution in [-0.4, -0.2) is 16.7 Å². The summed E-state index contributed by atoms with van der Waals surface area (Å²) in [5.74, 6) is 1.35. The first kappa shape index (κ1) is 11.9. The average molecular weight is 243 g/mol. The number of anilines is 2. The van der Waals surface area contributed by atoms with Crippen LogP contribution in [0.2, 0.25) is 0 Å². The van der Waals surface area contributed by atoms with Crippen LogP contribution in [0.15, 0.2) is 29.0 Å². The van der Waals surface area contributed by atoms with Crippen LogP contribution in [0.1, 0.15) is 18.1 Å². The zero-order valence-electron chi connectivity index (χ0n) is 9.97. The maximum atomic E-state index is 8.88. The lowest BCUT2D eigenvalue weighted by atomic mass is 10.2. The molecule has 0 spiro atoms. The van der Waals surface area contributed by atoms with E-state index in [1.807, 2.05) is 6.92 Å². The molecule has 2 aromatic heterocycles. The minimum atomic E-state index is 0.514. The van der Waals surface area contributed by atoms with Gasteiger partial charge < -0.3 is 15.2 Å². The van der Waals surface area contributed by atoms with Crippen LogP contribution in [0, 0.1) is 11.3 Å². The van der Waals surface area contributed by atoms with Crippen molar-refractivity contribution in [2.45, 2.75) is 13.5 Å². The monoisotopic (exact) mass is 243 g/mol. The van der Waals surface area contributed by atoms with Crippen LogP contribution >= 0.6 is 0 Å². The van der Waals surface area contributed by atoms with Crippen LogP contribution in [0.4, 0.5) is 11.7 Å². The summed E-state index contributed by atoms with van der Waals surface area (Å²) in [4.78, 5) is 4.22. The number of pyridine rings is 1. The second-order valence-corrected chi connectivity index (χ2v) is 3.60. The highest BCUT2D eigenvalue weighted by molar-refractivity contribution is 5.49. The minimum absolute atomic E-state index is 0.514. The zero-order chi connectivity index (χ0) is 12.8. The van der Waals surface area contributed by atoms with E-state index in [2.05, 4.69) is 26.8 Å². The Hall–Kier alpha value is -2.55. The van der Waals surface area contributed by atoms with Crippen LogP contribution in [-0.2, 0) is 6.54 Å². The summed E-state index contributed by atoms with van der Waals surface area (Å²) in [6, 6.07) is 5.61. The lowest BCUT2D eigenvalue weighted by Gasteiger charge is -2.10. The molecule has 6 heteroatoms. The van der Waals surface area contributed by atoms with Gasteiger partial charge in [-0.05, 0) is 13.0 Å². The molecule has 0 unspecified atom stereocenters. The van der Waals surface area contributed by atoms with E-state index in [9.17, 15) is 0 Å². The largest absolute Gasteiger partial charge is 0.370 e. The van der Waals surface area contributed by atoms with Crippen LogP contribution in [0.25, 0.3) is 0 Å². The maximum Gasteiger partial charge on any atom is 0.224 e. The molecular formula is C12H13N5O. The quantitative estimate of drug-likeness (QED) is 0.835. The van der Waals surface area contributed by atoms with Crippen molar-refractivity contribution in [2.24, 2.45) is 0 Å². The Balaban J connectivity index is 2.15. The van der Waals surface area contributed by atoms with Gasteiger partial charge in [0, 0.05) is 30.9 Å². The van der Waals surface area contributed by atoms with Gasteiger partial charge >= 0.3 is 0 Å². The summed E-state index contributed by atoms with van der Waals surface area (Å²) in [5, 5.41) is 18.7. The number of nitrogens with zero attached hydrogens (tertiary/aromatic N) is 3. The summed E-state index contributed by atoms with van der Waals surface area (Å²) in [7, 11) is 0. The lowest BCUT2D eigenvalue weighted by Crippen LogP contribution is -2.07. The fourth-order valence-electron chi connectivity index (χ4n) is 1.52. The summed E-state index contributed by atoms with van der Waals surface area (Å²) in [6.07, 6.45) is 3.12. The van der Waals surface area contributed by atoms with Crippen LogP contribution in [0.5, 0.6) is 0 Å². The lowest BCUT2D eigenvalue weighted by molar-refractivity contribution is 0.432. The SMILES string of the molecule is CCNc1ncc(C#N)cc1CNc1ccno1. The summed E-state index contributed by atoms with van der Waals surface area (Å²) >= 11 is 0. The second kappa shape index (κ2) is 5.68. The van der Waals surface area contributed by atoms with Gasteiger partial charge in [-0.3, -0.25) is 0 Å². The maximum absolute atomic E-state index is 8.88. The smallest absolute Gasteiger partial charge is 0.224 e. The van der Waals surface area contributed by atoms with E-state index in [0.717, 1.165) is 17.9 Å². The zero-order valence-corrected chi connectivity index (χ0v) is 9.97. The van der Waals surface area contributed by atoms with E-state index >= 15 is 0 Å². The molecule has 92 valence electrons. The van der Waals surface area contributed by atoms with Crippen molar-refractivity contribution >= 4 is 11.7 Å². The molecule has 0 aromatic carbocycles. The number of nitriles is 1. The van der Waals surface area contributed by atoms with Gasteiger partial charge in [-0.2, -0.15) is 5.26 Å². The molecule has 0 aliphatic rings. The minimum Gasteiger partial charge on any atom is -0.370 e. The van der Waals surface area contributed by atoms with Crippen molar-refractivity contribution in [1.29, 1.82) is 5.26 Å². The van der Waals surface area contributed by atoms with Gasteiger partial charge in [0.1, 0.15) is 11.9 Å². The van der Waals surface area contributed by atoms with Crippen molar-refractivity contribution in [3.05, 3.63) is 35.7 Å². The van der Waals surface area contributed by atoms with E-state index in [1.165, 1.54) is 0 Å². The van der Waals surface area contributed by atoms with E-state index in [0.29, 0.717) is 18.0 Å². The Kier molecular flexibility index (Phi) is 3.76. The van der Waals surface area contributed by atoms with Crippen LogP contribution in [0.3, 0.4) is 0 Å². The van der Waals surface area contributed by atoms with Crippen molar-refractivity contribution in [3.63, 3.8) is 0 Å². The normalized spacial score (nSPS) is 9.78. The second-order valence-electron chi connectivity index (χ2n) is 3.60. The number of hydrogen-bond donors (Lipinski definition) is 2. The van der Waals surface area contributed by atoms with Gasteiger partial charge in [0.15, 0.2) is 0 Å². The Labute approximate surface area is 105 Å². The summed E-state index contributed by atoms with van der Waals surface area (Å²) < 4.78 is 4.94. The molecule has 0 atom stereocenters. The molecular weight excluding hydrogens is 230 g/mol. The molecule has 0 amide bonds. The molecule has 18 heavy (non-hydrogen) atoms. The molecule has 0 bridgehead atoms. The molecule has 0 aliphatic heterocycles. The summed E-state index contributed by atoms with van der Waals surface area (Å²) in [6.45, 7) is 3.28. The molecule has 0 saturated heterocycles. The molecule has 2 N–H and O–H groups in total. The number of nitrogens with one attached hydrogen (secondary N) is 2. The molecule has 0 radical (unpaired) electrons. The molecule has 0 fully saturated rings. The molecule has 0 aliphatic carbocycles. The molecule has 2 heterocycles. The van der Waals surface area contributed by atoms with E-state index in [-0.39, 0.29) is 0 Å². The summed E-state index contributed by atoms with van der Waals surface area (Å²) in [5.41, 5.74) is 1.44. The van der Waals surface area contributed by atoms with Crippen LogP contribution < -0.4 is 10.6 Å². The van der Waals surface area contributed by atoms with Crippen molar-refractivity contribution < 1.29 is 4.52 Å². The third-order valence-electron chi connectivity index (χ3n) is 2.33. The van der Waals surface area contributed by atoms with Gasteiger partial charge in [0.05, 0.1) is 11.8 Å². The number of rotatable bonds is 5. The predicted octanol–water partition coefficient (Wildman–Crippen LogP) is 1.99. The fraction of sp³-hybridized carbons (Fsp3) is 0.250. The van der Waals surface area contributed by atoms with Crippen molar-refractivity contribution in [3.8, 4) is 6.07 Å². The van der Waals surface area contributed by atoms with E-state index < -0.39 is 0 Å². The molecule has 6 nitrogen and oxygen atoms in total. The third-order valence-corrected chi connectivity index (χ3v) is 2.33. The fourth-order valence-corrected chi connectivity index (χ4v) is 1.52. The third kappa shape index (κ3) is 2.77. The Bertz CT molecular complexity index is 544. The van der Waals surface area contributed by atoms with Gasteiger partial charge in [-0.15, -0.1) is 0 Å². The van der Waals surface area contributed by atoms with Gasteiger partial charge in [0.25, 0.3) is 0 Å². The molecule has 2 rings (SSSR count). The average Bonchev–Trinajstić information content (AvgIpc) is 2.91. The number of aromatic nitrogens is 2. The standard InChI is InChI=1S/C12H13N5O/c1-2-14-12-10(5-9(6-13)7-16-12)8-15-11-3-4-17-18-11/h3-5,7,15H,2,8H2,1H3,(H,14,16). The first-order valence-electron chi connectivity index (χ1n) is 5.61. The van der Waals surface area contributed by atoms with Gasteiger partial charge in [-0.1, -0.05) is 5.16 Å². The Morgan fingerprint density at radius 2 is 2.33 bits per heavy atom. The Morgan fingerprint density at radius 3 is 3.00 bits per heavy atom. The van der Waals surface area contributed by atoms with Crippen molar-refractivity contribution in [1.82, 2.24) is 10.1 Å². The highest BCUT2D eigenvalue weighted by Gasteiger charge is 2.06. The highest BCUT2D eigenvalue weighted by Crippen LogP contribution is 2.16.